The first kappa shape index (κ1) is 17.4. The Bertz CT molecular complexity index is 890. The monoisotopic (exact) mass is 373 g/mol. The molecule has 0 saturated carbocycles. The first-order valence-electron chi connectivity index (χ1n) is 7.49. The maximum atomic E-state index is 12.3. The summed E-state index contributed by atoms with van der Waals surface area (Å²) in [5.41, 5.74) is 1.13. The first-order chi connectivity index (χ1) is 12.0. The van der Waals surface area contributed by atoms with Crippen LogP contribution in [0.5, 0.6) is 0 Å². The van der Waals surface area contributed by atoms with Gasteiger partial charge in [0.1, 0.15) is 0 Å². The van der Waals surface area contributed by atoms with E-state index in [1.807, 2.05) is 17.5 Å². The Balaban J connectivity index is 1.63. The molecule has 0 unspecified atom stereocenters. The predicted molar refractivity (Wildman–Crippen MR) is 98.0 cm³/mol. The second-order valence-corrected chi connectivity index (χ2v) is 7.48. The molecule has 128 valence electrons. The summed E-state index contributed by atoms with van der Waals surface area (Å²) in [6, 6.07) is 10.6. The van der Waals surface area contributed by atoms with Crippen LogP contribution >= 0.6 is 23.1 Å². The Morgan fingerprint density at radius 1 is 1.24 bits per heavy atom. The second kappa shape index (κ2) is 7.62. The van der Waals surface area contributed by atoms with Crippen LogP contribution in [0.1, 0.15) is 24.2 Å². The molecule has 1 amide bonds. The van der Waals surface area contributed by atoms with Gasteiger partial charge in [0.05, 0.1) is 10.1 Å². The van der Waals surface area contributed by atoms with Crippen LogP contribution in [0.4, 0.5) is 5.69 Å². The van der Waals surface area contributed by atoms with Crippen molar-refractivity contribution < 1.29 is 14.0 Å². The maximum absolute atomic E-state index is 12.3. The fourth-order valence-corrected chi connectivity index (χ4v) is 3.35. The molecule has 3 rings (SSSR count). The average Bonchev–Trinajstić information content (AvgIpc) is 3.26. The highest BCUT2D eigenvalue weighted by atomic mass is 32.2. The normalized spacial score (nSPS) is 11.9. The molecule has 1 aromatic carbocycles. The molecular weight excluding hydrogens is 358 g/mol. The molecule has 6 nitrogen and oxygen atoms in total. The average molecular weight is 373 g/mol. The van der Waals surface area contributed by atoms with Crippen molar-refractivity contribution in [2.75, 3.05) is 5.32 Å². The number of thiophene rings is 1. The third-order valence-electron chi connectivity index (χ3n) is 3.32. The van der Waals surface area contributed by atoms with E-state index in [-0.39, 0.29) is 11.7 Å². The van der Waals surface area contributed by atoms with E-state index in [4.69, 9.17) is 4.42 Å². The smallest absolute Gasteiger partial charge is 0.277 e. The molecule has 2 heterocycles. The number of thioether (sulfide) groups is 1. The molecule has 0 spiro atoms. The van der Waals surface area contributed by atoms with E-state index in [0.29, 0.717) is 22.4 Å². The van der Waals surface area contributed by atoms with Gasteiger partial charge in [-0.2, -0.15) is 0 Å². The van der Waals surface area contributed by atoms with E-state index < -0.39 is 5.25 Å². The fraction of sp³-hybridized carbons (Fsp3) is 0.176. The number of amides is 1. The second-order valence-electron chi connectivity index (χ2n) is 5.24. The molecule has 2 aromatic heterocycles. The van der Waals surface area contributed by atoms with Gasteiger partial charge in [-0.1, -0.05) is 30.0 Å². The summed E-state index contributed by atoms with van der Waals surface area (Å²) < 4.78 is 5.58. The largest absolute Gasteiger partial charge is 0.410 e. The highest BCUT2D eigenvalue weighted by molar-refractivity contribution is 8.00. The van der Waals surface area contributed by atoms with Crippen LogP contribution in [0.25, 0.3) is 10.8 Å². The third kappa shape index (κ3) is 4.34. The minimum Gasteiger partial charge on any atom is -0.410 e. The summed E-state index contributed by atoms with van der Waals surface area (Å²) in [4.78, 5) is 24.6. The van der Waals surface area contributed by atoms with Crippen molar-refractivity contribution in [2.45, 2.75) is 24.3 Å². The quantitative estimate of drug-likeness (QED) is 0.517. The highest BCUT2D eigenvalue weighted by Gasteiger charge is 2.19. The van der Waals surface area contributed by atoms with Crippen LogP contribution in [0.3, 0.4) is 0 Å². The molecule has 25 heavy (non-hydrogen) atoms. The summed E-state index contributed by atoms with van der Waals surface area (Å²) in [6.07, 6.45) is 0. The fourth-order valence-electron chi connectivity index (χ4n) is 2.02. The van der Waals surface area contributed by atoms with E-state index in [0.717, 1.165) is 4.88 Å². The van der Waals surface area contributed by atoms with E-state index in [1.165, 1.54) is 30.0 Å². The van der Waals surface area contributed by atoms with Gasteiger partial charge < -0.3 is 9.73 Å². The number of benzene rings is 1. The first-order valence-corrected chi connectivity index (χ1v) is 9.25. The summed E-state index contributed by atoms with van der Waals surface area (Å²) in [5, 5.41) is 12.6. The number of anilines is 1. The van der Waals surface area contributed by atoms with Gasteiger partial charge >= 0.3 is 0 Å². The summed E-state index contributed by atoms with van der Waals surface area (Å²) >= 11 is 2.69. The van der Waals surface area contributed by atoms with Gasteiger partial charge in [-0.05, 0) is 37.4 Å². The molecule has 8 heteroatoms. The predicted octanol–water partition coefficient (Wildman–Crippen LogP) is 4.12. The molecule has 0 aliphatic rings. The van der Waals surface area contributed by atoms with E-state index in [1.54, 1.807) is 31.2 Å². The van der Waals surface area contributed by atoms with Crippen molar-refractivity contribution in [3.63, 3.8) is 0 Å². The van der Waals surface area contributed by atoms with Crippen molar-refractivity contribution in [2.24, 2.45) is 0 Å². The van der Waals surface area contributed by atoms with Gasteiger partial charge in [-0.25, -0.2) is 0 Å². The van der Waals surface area contributed by atoms with Crippen molar-refractivity contribution in [3.05, 3.63) is 47.3 Å². The van der Waals surface area contributed by atoms with Gasteiger partial charge in [0.2, 0.25) is 5.91 Å². The summed E-state index contributed by atoms with van der Waals surface area (Å²) in [6.45, 7) is 3.24. The highest BCUT2D eigenvalue weighted by Crippen LogP contribution is 2.28. The Kier molecular flexibility index (Phi) is 5.30. The molecule has 0 saturated heterocycles. The van der Waals surface area contributed by atoms with Crippen LogP contribution in [0.2, 0.25) is 0 Å². The maximum Gasteiger partial charge on any atom is 0.277 e. The summed E-state index contributed by atoms with van der Waals surface area (Å²) in [5.74, 6) is 0.186. The molecule has 3 aromatic rings. The Morgan fingerprint density at radius 2 is 2.08 bits per heavy atom. The number of carbonyl (C=O) groups is 2. The van der Waals surface area contributed by atoms with Gasteiger partial charge in [-0.3, -0.25) is 9.59 Å². The molecule has 0 aliphatic heterocycles. The van der Waals surface area contributed by atoms with Gasteiger partial charge in [0.15, 0.2) is 5.78 Å². The lowest BCUT2D eigenvalue weighted by Gasteiger charge is -2.10. The van der Waals surface area contributed by atoms with Crippen LogP contribution in [0, 0.1) is 0 Å². The lowest BCUT2D eigenvalue weighted by molar-refractivity contribution is -0.115. The number of hydrogen-bond acceptors (Lipinski definition) is 7. The number of hydrogen-bond donors (Lipinski definition) is 1. The topological polar surface area (TPSA) is 85.1 Å². The lowest BCUT2D eigenvalue weighted by Crippen LogP contribution is -2.22. The molecule has 1 atom stereocenters. The zero-order valence-electron chi connectivity index (χ0n) is 13.6. The van der Waals surface area contributed by atoms with Crippen LogP contribution in [-0.2, 0) is 4.79 Å². The number of carbonyl (C=O) groups excluding carboxylic acids is 2. The zero-order chi connectivity index (χ0) is 17.8. The van der Waals surface area contributed by atoms with Crippen LogP contribution < -0.4 is 5.32 Å². The Labute approximate surface area is 152 Å². The molecular formula is C17H15N3O3S2. The number of nitrogens with one attached hydrogen (secondary N) is 1. The number of ketones is 1. The zero-order valence-corrected chi connectivity index (χ0v) is 15.2. The van der Waals surface area contributed by atoms with Crippen molar-refractivity contribution in [1.82, 2.24) is 10.2 Å². The molecule has 0 aliphatic carbocycles. The molecule has 0 fully saturated rings. The minimum absolute atomic E-state index is 0.0505. The van der Waals surface area contributed by atoms with Crippen molar-refractivity contribution in [3.8, 4) is 10.8 Å². The van der Waals surface area contributed by atoms with E-state index >= 15 is 0 Å². The van der Waals surface area contributed by atoms with Gasteiger partial charge in [-0.15, -0.1) is 21.5 Å². The van der Waals surface area contributed by atoms with Crippen molar-refractivity contribution in [1.29, 1.82) is 0 Å². The van der Waals surface area contributed by atoms with E-state index in [9.17, 15) is 9.59 Å². The third-order valence-corrected chi connectivity index (χ3v) is 5.11. The number of aromatic nitrogens is 2. The Morgan fingerprint density at radius 3 is 2.80 bits per heavy atom. The standard InChI is InChI=1S/C17H15N3O3S2/c1-10(21)12-5-3-6-13(9-12)18-15(22)11(2)25-17-20-19-16(23-17)14-7-4-8-24-14/h3-9,11H,1-2H3,(H,18,22)/t11-/m0/s1. The molecule has 1 N–H and O–H groups in total. The minimum atomic E-state index is -0.433. The van der Waals surface area contributed by atoms with Gasteiger partial charge in [0, 0.05) is 11.3 Å². The molecule has 0 radical (unpaired) electrons. The van der Waals surface area contributed by atoms with Crippen LogP contribution in [0.15, 0.2) is 51.4 Å². The number of rotatable bonds is 6. The molecule has 0 bridgehead atoms. The van der Waals surface area contributed by atoms with Crippen molar-refractivity contribution >= 4 is 40.5 Å². The number of Topliss-reactive ketones (excluding diaryl/α,β-unsaturated/α-hetero) is 1. The summed E-state index contributed by atoms with van der Waals surface area (Å²) in [7, 11) is 0. The Hall–Kier alpha value is -2.45. The van der Waals surface area contributed by atoms with Gasteiger partial charge in [0.25, 0.3) is 11.1 Å². The lowest BCUT2D eigenvalue weighted by atomic mass is 10.1. The SMILES string of the molecule is CC(=O)c1cccc(NC(=O)[C@H](C)Sc2nnc(-c3cccs3)o2)c1. The van der Waals surface area contributed by atoms with Crippen LogP contribution in [-0.4, -0.2) is 27.1 Å². The number of nitrogens with zero attached hydrogens (tertiary/aromatic N) is 2. The van der Waals surface area contributed by atoms with E-state index in [2.05, 4.69) is 15.5 Å².